The van der Waals surface area contributed by atoms with Crippen LogP contribution < -0.4 is 15.9 Å². The van der Waals surface area contributed by atoms with Gasteiger partial charge in [-0.3, -0.25) is 4.79 Å². The molecule has 0 unspecified atom stereocenters. The third kappa shape index (κ3) is 4.10. The molecule has 0 fully saturated rings. The lowest BCUT2D eigenvalue weighted by Gasteiger charge is -2.25. The summed E-state index contributed by atoms with van der Waals surface area (Å²) in [5, 5.41) is 3.11. The van der Waals surface area contributed by atoms with Crippen molar-refractivity contribution in [2.75, 3.05) is 14.1 Å². The first-order valence-corrected chi connectivity index (χ1v) is 11.5. The SMILES string of the molecule is CN(C)C=CC(=O)c1ccccc1P(=S)(c1ccccc1)c1ccccc1. The van der Waals surface area contributed by atoms with Crippen molar-refractivity contribution in [1.29, 1.82) is 0 Å². The smallest absolute Gasteiger partial charge is 0.187 e. The number of hydrogen-bond acceptors (Lipinski definition) is 3. The molecule has 0 radical (unpaired) electrons. The van der Waals surface area contributed by atoms with Gasteiger partial charge in [0.05, 0.1) is 0 Å². The molecule has 0 atom stereocenters. The monoisotopic (exact) mass is 391 g/mol. The molecule has 3 aromatic carbocycles. The molecule has 0 N–H and O–H groups in total. The maximum atomic E-state index is 12.9. The first-order valence-electron chi connectivity index (χ1n) is 8.73. The molecule has 27 heavy (non-hydrogen) atoms. The van der Waals surface area contributed by atoms with Crippen molar-refractivity contribution in [1.82, 2.24) is 4.90 Å². The number of carbonyl (C=O) groups is 1. The number of benzene rings is 3. The minimum absolute atomic E-state index is 0.0274. The summed E-state index contributed by atoms with van der Waals surface area (Å²) in [5.74, 6) is -0.0274. The summed E-state index contributed by atoms with van der Waals surface area (Å²) in [7, 11) is 3.79. The zero-order valence-electron chi connectivity index (χ0n) is 15.4. The van der Waals surface area contributed by atoms with Gasteiger partial charge in [0.2, 0.25) is 0 Å². The molecule has 0 aliphatic rings. The quantitative estimate of drug-likeness (QED) is 0.363. The minimum atomic E-state index is -2.35. The Labute approximate surface area is 166 Å². The van der Waals surface area contributed by atoms with E-state index in [4.69, 9.17) is 11.8 Å². The van der Waals surface area contributed by atoms with Crippen LogP contribution in [0.5, 0.6) is 0 Å². The third-order valence-electron chi connectivity index (χ3n) is 4.27. The fourth-order valence-corrected chi connectivity index (χ4v) is 7.03. The summed E-state index contributed by atoms with van der Waals surface area (Å²) < 4.78 is 0. The van der Waals surface area contributed by atoms with E-state index in [0.29, 0.717) is 5.56 Å². The molecule has 0 saturated heterocycles. The standard InChI is InChI=1S/C23H22NOPS/c1-24(2)18-17-22(25)21-15-9-10-16-23(21)26(27,19-11-5-3-6-12-19)20-13-7-4-8-14-20/h3-18H,1-2H3. The maximum Gasteiger partial charge on any atom is 0.187 e. The summed E-state index contributed by atoms with van der Waals surface area (Å²) in [6.45, 7) is 0. The average Bonchev–Trinajstić information content (AvgIpc) is 2.72. The van der Waals surface area contributed by atoms with Crippen LogP contribution in [0, 0.1) is 0 Å². The molecular formula is C23H22NOPS. The number of allylic oxidation sites excluding steroid dienone is 1. The molecular weight excluding hydrogens is 369 g/mol. The topological polar surface area (TPSA) is 20.3 Å². The zero-order valence-corrected chi connectivity index (χ0v) is 17.2. The molecule has 0 bridgehead atoms. The molecule has 0 aliphatic heterocycles. The average molecular weight is 391 g/mol. The normalized spacial score (nSPS) is 11.5. The highest BCUT2D eigenvalue weighted by Crippen LogP contribution is 2.43. The van der Waals surface area contributed by atoms with Crippen LogP contribution >= 0.6 is 6.04 Å². The van der Waals surface area contributed by atoms with E-state index < -0.39 is 6.04 Å². The molecule has 0 saturated carbocycles. The highest BCUT2D eigenvalue weighted by Gasteiger charge is 2.28. The van der Waals surface area contributed by atoms with Gasteiger partial charge in [-0.05, 0) is 10.6 Å². The van der Waals surface area contributed by atoms with Gasteiger partial charge in [0.25, 0.3) is 0 Å². The molecule has 0 heterocycles. The third-order valence-corrected chi connectivity index (χ3v) is 9.25. The fourth-order valence-electron chi connectivity index (χ4n) is 2.97. The lowest BCUT2D eigenvalue weighted by Crippen LogP contribution is -2.28. The number of hydrogen-bond donors (Lipinski definition) is 0. The molecule has 4 heteroatoms. The van der Waals surface area contributed by atoms with Crippen LogP contribution in [-0.4, -0.2) is 24.8 Å². The van der Waals surface area contributed by atoms with Crippen LogP contribution in [0.3, 0.4) is 0 Å². The van der Waals surface area contributed by atoms with E-state index >= 15 is 0 Å². The predicted molar refractivity (Wildman–Crippen MR) is 120 cm³/mol. The van der Waals surface area contributed by atoms with Gasteiger partial charge in [0.15, 0.2) is 5.78 Å². The Hall–Kier alpha value is -2.48. The van der Waals surface area contributed by atoms with Gasteiger partial charge in [-0.1, -0.05) is 96.7 Å². The van der Waals surface area contributed by atoms with Gasteiger partial charge in [-0.15, -0.1) is 0 Å². The summed E-state index contributed by atoms with van der Waals surface area (Å²) in [4.78, 5) is 14.8. The number of nitrogens with zero attached hydrogens (tertiary/aromatic N) is 1. The number of rotatable bonds is 6. The summed E-state index contributed by atoms with van der Waals surface area (Å²) in [6, 6.07) is 25.7. The first-order chi connectivity index (χ1) is 13.0. The molecule has 136 valence electrons. The Morgan fingerprint density at radius 3 is 1.81 bits per heavy atom. The zero-order chi connectivity index (χ0) is 19.3. The van der Waals surface area contributed by atoms with Crippen LogP contribution in [-0.2, 0) is 11.8 Å². The largest absolute Gasteiger partial charge is 0.383 e. The lowest BCUT2D eigenvalue weighted by atomic mass is 10.1. The van der Waals surface area contributed by atoms with Crippen LogP contribution in [0.4, 0.5) is 0 Å². The van der Waals surface area contributed by atoms with E-state index in [9.17, 15) is 4.79 Å². The number of ketones is 1. The highest BCUT2D eigenvalue weighted by atomic mass is 32.4. The summed E-state index contributed by atoms with van der Waals surface area (Å²) in [5.41, 5.74) is 0.673. The van der Waals surface area contributed by atoms with Crippen LogP contribution in [0.25, 0.3) is 0 Å². The van der Waals surface area contributed by atoms with E-state index in [1.807, 2.05) is 79.7 Å². The van der Waals surface area contributed by atoms with Crippen molar-refractivity contribution in [2.24, 2.45) is 0 Å². The Kier molecular flexibility index (Phi) is 6.05. The van der Waals surface area contributed by atoms with Gasteiger partial charge >= 0.3 is 0 Å². The minimum Gasteiger partial charge on any atom is -0.383 e. The first kappa shape index (κ1) is 19.3. The van der Waals surface area contributed by atoms with E-state index in [2.05, 4.69) is 24.3 Å². The van der Waals surface area contributed by atoms with Gasteiger partial charge < -0.3 is 4.90 Å². The van der Waals surface area contributed by atoms with Crippen molar-refractivity contribution in [2.45, 2.75) is 0 Å². The van der Waals surface area contributed by atoms with Crippen molar-refractivity contribution < 1.29 is 4.79 Å². The van der Waals surface area contributed by atoms with Gasteiger partial charge in [-0.25, -0.2) is 0 Å². The molecule has 0 amide bonds. The van der Waals surface area contributed by atoms with Gasteiger partial charge in [-0.2, -0.15) is 0 Å². The maximum absolute atomic E-state index is 12.9. The second kappa shape index (κ2) is 8.47. The van der Waals surface area contributed by atoms with E-state index in [1.165, 1.54) is 0 Å². The van der Waals surface area contributed by atoms with E-state index in [1.54, 1.807) is 12.3 Å². The van der Waals surface area contributed by atoms with Gasteiger partial charge in [0.1, 0.15) is 0 Å². The van der Waals surface area contributed by atoms with Crippen LogP contribution in [0.15, 0.2) is 97.2 Å². The predicted octanol–water partition coefficient (Wildman–Crippen LogP) is 3.70. The molecule has 3 rings (SSSR count). The van der Waals surface area contributed by atoms with Crippen molar-refractivity contribution >= 4 is 39.5 Å². The highest BCUT2D eigenvalue weighted by molar-refractivity contribution is 8.25. The summed E-state index contributed by atoms with van der Waals surface area (Å²) >= 11 is 6.37. The van der Waals surface area contributed by atoms with Crippen LogP contribution in [0.2, 0.25) is 0 Å². The Morgan fingerprint density at radius 2 is 1.30 bits per heavy atom. The lowest BCUT2D eigenvalue weighted by molar-refractivity contribution is 0.104. The molecule has 2 nitrogen and oxygen atoms in total. The Morgan fingerprint density at radius 1 is 0.815 bits per heavy atom. The van der Waals surface area contributed by atoms with Crippen molar-refractivity contribution in [3.05, 3.63) is 103 Å². The molecule has 3 aromatic rings. The number of carbonyl (C=O) groups excluding carboxylic acids is 1. The Balaban J connectivity index is 2.24. The molecule has 0 spiro atoms. The van der Waals surface area contributed by atoms with Crippen molar-refractivity contribution in [3.8, 4) is 0 Å². The second-order valence-electron chi connectivity index (χ2n) is 6.44. The fraction of sp³-hybridized carbons (Fsp3) is 0.0870. The second-order valence-corrected chi connectivity index (χ2v) is 10.8. The van der Waals surface area contributed by atoms with Crippen LogP contribution in [0.1, 0.15) is 10.4 Å². The van der Waals surface area contributed by atoms with E-state index in [-0.39, 0.29) is 5.78 Å². The Bertz CT molecular complexity index is 954. The molecule has 0 aliphatic carbocycles. The van der Waals surface area contributed by atoms with Crippen molar-refractivity contribution in [3.63, 3.8) is 0 Å². The van der Waals surface area contributed by atoms with Gasteiger partial charge in [0, 0.05) is 43.3 Å². The molecule has 0 aromatic heterocycles. The summed E-state index contributed by atoms with van der Waals surface area (Å²) in [6.07, 6.45) is 3.38. The van der Waals surface area contributed by atoms with E-state index in [0.717, 1.165) is 15.9 Å².